The summed E-state index contributed by atoms with van der Waals surface area (Å²) < 4.78 is 5.35. The average Bonchev–Trinajstić information content (AvgIpc) is 2.70. The average molecular weight is 364 g/mol. The smallest absolute Gasteiger partial charge is 0.230 e. The lowest BCUT2D eigenvalue weighted by molar-refractivity contribution is -0.132. The van der Waals surface area contributed by atoms with Crippen LogP contribution < -0.4 is 10.1 Å². The number of nitrogens with one attached hydrogen (secondary N) is 1. The molecule has 1 amide bonds. The fraction of sp³-hybridized carbons (Fsp3) is 0.348. The molecule has 0 spiro atoms. The Kier molecular flexibility index (Phi) is 5.26. The van der Waals surface area contributed by atoms with Crippen LogP contribution in [0, 0.1) is 0 Å². The van der Waals surface area contributed by atoms with E-state index in [2.05, 4.69) is 56.4 Å². The summed E-state index contributed by atoms with van der Waals surface area (Å²) in [6, 6.07) is 16.4. The van der Waals surface area contributed by atoms with Gasteiger partial charge in [-0.25, -0.2) is 0 Å². The lowest BCUT2D eigenvalue weighted by Crippen LogP contribution is -2.53. The van der Waals surface area contributed by atoms with E-state index in [1.165, 1.54) is 5.57 Å². The SMILES string of the molecule is CC/C(C)=C1/N[C@](C)(c2cccc(-c3cccc(OC)c3)c2)CC(=O)N1C. The molecule has 1 saturated heterocycles. The first-order chi connectivity index (χ1) is 12.9. The van der Waals surface area contributed by atoms with Crippen molar-refractivity contribution in [1.82, 2.24) is 10.2 Å². The van der Waals surface area contributed by atoms with Gasteiger partial charge in [0.25, 0.3) is 0 Å². The molecular formula is C23H28N2O2. The van der Waals surface area contributed by atoms with E-state index in [0.29, 0.717) is 6.42 Å². The van der Waals surface area contributed by atoms with E-state index in [1.807, 2.05) is 25.2 Å². The van der Waals surface area contributed by atoms with E-state index >= 15 is 0 Å². The molecule has 2 aromatic carbocycles. The zero-order chi connectivity index (χ0) is 19.6. The monoisotopic (exact) mass is 364 g/mol. The molecule has 0 saturated carbocycles. The van der Waals surface area contributed by atoms with Crippen molar-refractivity contribution in [2.45, 2.75) is 39.2 Å². The van der Waals surface area contributed by atoms with Crippen LogP contribution in [-0.4, -0.2) is 25.0 Å². The molecule has 4 heteroatoms. The molecule has 1 N–H and O–H groups in total. The molecule has 1 atom stereocenters. The van der Waals surface area contributed by atoms with Gasteiger partial charge in [-0.05, 0) is 60.7 Å². The Bertz CT molecular complexity index is 887. The van der Waals surface area contributed by atoms with Crippen molar-refractivity contribution in [1.29, 1.82) is 0 Å². The lowest BCUT2D eigenvalue weighted by Gasteiger charge is -2.42. The molecule has 0 aromatic heterocycles. The van der Waals surface area contributed by atoms with E-state index in [1.54, 1.807) is 12.0 Å². The number of hydrogen-bond donors (Lipinski definition) is 1. The molecule has 0 aliphatic carbocycles. The van der Waals surface area contributed by atoms with E-state index in [-0.39, 0.29) is 5.91 Å². The molecule has 3 rings (SSSR count). The molecule has 27 heavy (non-hydrogen) atoms. The summed E-state index contributed by atoms with van der Waals surface area (Å²) in [6.07, 6.45) is 1.32. The number of allylic oxidation sites excluding steroid dienone is 1. The summed E-state index contributed by atoms with van der Waals surface area (Å²) in [5.74, 6) is 1.88. The van der Waals surface area contributed by atoms with Crippen molar-refractivity contribution < 1.29 is 9.53 Å². The molecule has 142 valence electrons. The summed E-state index contributed by atoms with van der Waals surface area (Å²) in [6.45, 7) is 6.29. The molecule has 1 aliphatic rings. The van der Waals surface area contributed by atoms with Gasteiger partial charge in [0.1, 0.15) is 11.6 Å². The van der Waals surface area contributed by atoms with Crippen molar-refractivity contribution in [3.8, 4) is 16.9 Å². The highest BCUT2D eigenvalue weighted by Gasteiger charge is 2.38. The molecule has 0 unspecified atom stereocenters. The quantitative estimate of drug-likeness (QED) is 0.857. The van der Waals surface area contributed by atoms with Gasteiger partial charge in [-0.1, -0.05) is 37.3 Å². The Morgan fingerprint density at radius 3 is 2.52 bits per heavy atom. The molecule has 1 heterocycles. The highest BCUT2D eigenvalue weighted by atomic mass is 16.5. The molecule has 4 nitrogen and oxygen atoms in total. The second kappa shape index (κ2) is 7.47. The number of benzene rings is 2. The zero-order valence-corrected chi connectivity index (χ0v) is 16.8. The van der Waals surface area contributed by atoms with Gasteiger partial charge in [-0.2, -0.15) is 0 Å². The standard InChI is InChI=1S/C23H28N2O2/c1-6-16(2)22-24-23(3,15-21(26)25(22)4)19-11-7-9-17(13-19)18-10-8-12-20(14-18)27-5/h7-14,24H,6,15H2,1-5H3/b22-16-/t23-/m0/s1. The van der Waals surface area contributed by atoms with Crippen LogP contribution in [-0.2, 0) is 10.3 Å². The normalized spacial score (nSPS) is 21.7. The lowest BCUT2D eigenvalue weighted by atomic mass is 9.84. The molecular weight excluding hydrogens is 336 g/mol. The topological polar surface area (TPSA) is 41.6 Å². The van der Waals surface area contributed by atoms with E-state index in [0.717, 1.165) is 34.7 Å². The van der Waals surface area contributed by atoms with Gasteiger partial charge in [-0.3, -0.25) is 4.79 Å². The van der Waals surface area contributed by atoms with Gasteiger partial charge in [-0.15, -0.1) is 0 Å². The second-order valence-corrected chi connectivity index (χ2v) is 7.38. The first-order valence-corrected chi connectivity index (χ1v) is 9.37. The third kappa shape index (κ3) is 3.70. The summed E-state index contributed by atoms with van der Waals surface area (Å²) in [7, 11) is 3.52. The van der Waals surface area contributed by atoms with Gasteiger partial charge < -0.3 is 15.0 Å². The van der Waals surface area contributed by atoms with Gasteiger partial charge in [0.15, 0.2) is 0 Å². The van der Waals surface area contributed by atoms with Crippen LogP contribution in [0.5, 0.6) is 5.75 Å². The van der Waals surface area contributed by atoms with Crippen LogP contribution >= 0.6 is 0 Å². The first kappa shape index (κ1) is 19.0. The minimum absolute atomic E-state index is 0.130. The number of rotatable bonds is 4. The summed E-state index contributed by atoms with van der Waals surface area (Å²) in [4.78, 5) is 14.4. The van der Waals surface area contributed by atoms with Crippen LogP contribution in [0.2, 0.25) is 0 Å². The predicted molar refractivity (Wildman–Crippen MR) is 109 cm³/mol. The highest BCUT2D eigenvalue weighted by Crippen LogP contribution is 2.35. The van der Waals surface area contributed by atoms with Gasteiger partial charge in [0.2, 0.25) is 5.91 Å². The number of amides is 1. The molecule has 1 aliphatic heterocycles. The van der Waals surface area contributed by atoms with E-state index in [9.17, 15) is 4.79 Å². The number of ether oxygens (including phenoxy) is 1. The second-order valence-electron chi connectivity index (χ2n) is 7.38. The van der Waals surface area contributed by atoms with Crippen molar-refractivity contribution in [3.05, 3.63) is 65.5 Å². The fourth-order valence-corrected chi connectivity index (χ4v) is 3.51. The molecule has 0 radical (unpaired) electrons. The largest absolute Gasteiger partial charge is 0.497 e. The Morgan fingerprint density at radius 1 is 1.19 bits per heavy atom. The number of carbonyl (C=O) groups is 1. The van der Waals surface area contributed by atoms with E-state index < -0.39 is 5.54 Å². The number of methoxy groups -OCH3 is 1. The third-order valence-corrected chi connectivity index (χ3v) is 5.45. The van der Waals surface area contributed by atoms with Crippen molar-refractivity contribution in [2.24, 2.45) is 0 Å². The minimum Gasteiger partial charge on any atom is -0.497 e. The predicted octanol–water partition coefficient (Wildman–Crippen LogP) is 4.67. The third-order valence-electron chi connectivity index (χ3n) is 5.45. The number of nitrogens with zero attached hydrogens (tertiary/aromatic N) is 1. The Labute approximate surface area is 161 Å². The van der Waals surface area contributed by atoms with E-state index in [4.69, 9.17) is 4.74 Å². The molecule has 2 aromatic rings. The van der Waals surface area contributed by atoms with Gasteiger partial charge in [0, 0.05) is 7.05 Å². The molecule has 1 fully saturated rings. The zero-order valence-electron chi connectivity index (χ0n) is 16.8. The fourth-order valence-electron chi connectivity index (χ4n) is 3.51. The maximum absolute atomic E-state index is 12.7. The molecule has 0 bridgehead atoms. The maximum Gasteiger partial charge on any atom is 0.230 e. The number of hydrogen-bond acceptors (Lipinski definition) is 3. The van der Waals surface area contributed by atoms with Crippen LogP contribution in [0.3, 0.4) is 0 Å². The highest BCUT2D eigenvalue weighted by molar-refractivity contribution is 5.81. The van der Waals surface area contributed by atoms with Crippen molar-refractivity contribution in [3.63, 3.8) is 0 Å². The van der Waals surface area contributed by atoms with Gasteiger partial charge in [0.05, 0.1) is 19.1 Å². The number of carbonyl (C=O) groups excluding carboxylic acids is 1. The van der Waals surface area contributed by atoms with Crippen molar-refractivity contribution in [2.75, 3.05) is 14.2 Å². The Balaban J connectivity index is 2.01. The minimum atomic E-state index is -0.440. The Hall–Kier alpha value is -2.75. The summed E-state index contributed by atoms with van der Waals surface area (Å²) in [5, 5.41) is 3.64. The van der Waals surface area contributed by atoms with Gasteiger partial charge >= 0.3 is 0 Å². The summed E-state index contributed by atoms with van der Waals surface area (Å²) >= 11 is 0. The van der Waals surface area contributed by atoms with Crippen LogP contribution in [0.1, 0.15) is 39.2 Å². The first-order valence-electron chi connectivity index (χ1n) is 9.37. The Morgan fingerprint density at radius 2 is 1.85 bits per heavy atom. The maximum atomic E-state index is 12.7. The van der Waals surface area contributed by atoms with Crippen LogP contribution in [0.15, 0.2) is 59.9 Å². The van der Waals surface area contributed by atoms with Crippen molar-refractivity contribution >= 4 is 5.91 Å². The summed E-state index contributed by atoms with van der Waals surface area (Å²) in [5.41, 5.74) is 4.05. The van der Waals surface area contributed by atoms with Crippen LogP contribution in [0.25, 0.3) is 11.1 Å². The van der Waals surface area contributed by atoms with Crippen LogP contribution in [0.4, 0.5) is 0 Å².